The fourth-order valence-electron chi connectivity index (χ4n) is 1.56. The molecule has 0 aliphatic rings. The van der Waals surface area contributed by atoms with Crippen molar-refractivity contribution >= 4 is 5.91 Å². The summed E-state index contributed by atoms with van der Waals surface area (Å²) in [7, 11) is 3.67. The summed E-state index contributed by atoms with van der Waals surface area (Å²) in [6.07, 6.45) is 9.40. The molecule has 138 valence electrons. The smallest absolute Gasteiger partial charge is 0.222 e. The molecular formula is C20H47NO. The third kappa shape index (κ3) is 31.7. The molecule has 0 saturated heterocycles. The summed E-state index contributed by atoms with van der Waals surface area (Å²) < 4.78 is 0. The minimum Gasteiger partial charge on any atom is -0.349 e. The second-order valence-corrected chi connectivity index (χ2v) is 5.68. The first-order chi connectivity index (χ1) is 10.4. The Kier molecular flexibility index (Phi) is 38.3. The summed E-state index contributed by atoms with van der Waals surface area (Å²) in [6, 6.07) is 0. The van der Waals surface area contributed by atoms with Crippen molar-refractivity contribution in [1.82, 2.24) is 4.90 Å². The van der Waals surface area contributed by atoms with Crippen LogP contribution in [0.3, 0.4) is 0 Å². The van der Waals surface area contributed by atoms with Gasteiger partial charge in [0.1, 0.15) is 0 Å². The third-order valence-corrected chi connectivity index (χ3v) is 2.76. The Morgan fingerprint density at radius 3 is 1.55 bits per heavy atom. The number of nitrogens with zero attached hydrogens (tertiary/aromatic N) is 1. The Morgan fingerprint density at radius 2 is 1.27 bits per heavy atom. The van der Waals surface area contributed by atoms with Crippen LogP contribution in [-0.4, -0.2) is 24.9 Å². The Bertz CT molecular complexity index is 177. The molecule has 0 radical (unpaired) electrons. The molecule has 2 nitrogen and oxygen atoms in total. The molecule has 1 atom stereocenters. The summed E-state index contributed by atoms with van der Waals surface area (Å²) in [5.74, 6) is 0.866. The Balaban J connectivity index is -0.000000170. The highest BCUT2D eigenvalue weighted by molar-refractivity contribution is 5.75. The van der Waals surface area contributed by atoms with E-state index < -0.39 is 0 Å². The van der Waals surface area contributed by atoms with Gasteiger partial charge in [-0.25, -0.2) is 0 Å². The Hall–Kier alpha value is -0.530. The number of hydrogen-bond acceptors (Lipinski definition) is 1. The van der Waals surface area contributed by atoms with E-state index in [-0.39, 0.29) is 5.91 Å². The van der Waals surface area contributed by atoms with Crippen molar-refractivity contribution in [1.29, 1.82) is 0 Å². The van der Waals surface area contributed by atoms with Gasteiger partial charge in [-0.15, -0.1) is 0 Å². The van der Waals surface area contributed by atoms with Gasteiger partial charge in [0, 0.05) is 20.5 Å². The van der Waals surface area contributed by atoms with Crippen LogP contribution in [0.4, 0.5) is 0 Å². The van der Waals surface area contributed by atoms with E-state index in [1.54, 1.807) is 4.90 Å². The monoisotopic (exact) mass is 317 g/mol. The molecule has 0 aromatic heterocycles. The maximum absolute atomic E-state index is 11.5. The predicted octanol–water partition coefficient (Wildman–Crippen LogP) is 6.93. The average molecular weight is 318 g/mol. The van der Waals surface area contributed by atoms with Gasteiger partial charge in [0.25, 0.3) is 0 Å². The highest BCUT2D eigenvalue weighted by Gasteiger charge is 2.12. The quantitative estimate of drug-likeness (QED) is 0.466. The molecule has 0 fully saturated rings. The zero-order chi connectivity index (χ0) is 18.4. The van der Waals surface area contributed by atoms with Gasteiger partial charge >= 0.3 is 0 Å². The van der Waals surface area contributed by atoms with Gasteiger partial charge < -0.3 is 4.90 Å². The van der Waals surface area contributed by atoms with E-state index in [9.17, 15) is 4.79 Å². The van der Waals surface area contributed by atoms with Gasteiger partial charge in [-0.1, -0.05) is 93.9 Å². The van der Waals surface area contributed by atoms with Crippen LogP contribution in [0.5, 0.6) is 0 Å². The van der Waals surface area contributed by atoms with Crippen LogP contribution in [0.15, 0.2) is 0 Å². The van der Waals surface area contributed by atoms with Crippen molar-refractivity contribution in [2.45, 2.75) is 107 Å². The number of carbonyl (C=O) groups excluding carboxylic acids is 1. The fraction of sp³-hybridized carbons (Fsp3) is 0.950. The number of unbranched alkanes of at least 4 members (excludes halogenated alkanes) is 2. The lowest BCUT2D eigenvalue weighted by atomic mass is 9.95. The molecule has 0 bridgehead atoms. The first-order valence-electron chi connectivity index (χ1n) is 9.64. The SMILES string of the molecule is CC.CCC.CCC.CCCCCC(CC)CC(=O)N(C)C. The van der Waals surface area contributed by atoms with Crippen LogP contribution in [0, 0.1) is 5.92 Å². The summed E-state index contributed by atoms with van der Waals surface area (Å²) in [6.45, 7) is 16.9. The molecule has 0 aromatic carbocycles. The molecule has 0 saturated carbocycles. The van der Waals surface area contributed by atoms with E-state index in [2.05, 4.69) is 41.5 Å². The molecule has 2 heteroatoms. The van der Waals surface area contributed by atoms with Crippen LogP contribution < -0.4 is 0 Å². The first-order valence-corrected chi connectivity index (χ1v) is 9.64. The zero-order valence-electron chi connectivity index (χ0n) is 17.6. The largest absolute Gasteiger partial charge is 0.349 e. The van der Waals surface area contributed by atoms with Crippen LogP contribution in [0.2, 0.25) is 0 Å². The maximum atomic E-state index is 11.5. The Morgan fingerprint density at radius 1 is 0.864 bits per heavy atom. The normalized spacial score (nSPS) is 9.91. The molecule has 0 heterocycles. The minimum atomic E-state index is 0.272. The third-order valence-electron chi connectivity index (χ3n) is 2.76. The van der Waals surface area contributed by atoms with E-state index in [0.717, 1.165) is 12.8 Å². The molecule has 0 aromatic rings. The van der Waals surface area contributed by atoms with Gasteiger partial charge in [0.05, 0.1) is 0 Å². The molecular weight excluding hydrogens is 270 g/mol. The molecule has 0 aliphatic carbocycles. The lowest BCUT2D eigenvalue weighted by molar-refractivity contribution is -0.129. The van der Waals surface area contributed by atoms with Gasteiger partial charge in [0.15, 0.2) is 0 Å². The summed E-state index contributed by atoms with van der Waals surface area (Å²) >= 11 is 0. The summed E-state index contributed by atoms with van der Waals surface area (Å²) in [5.41, 5.74) is 0. The number of amides is 1. The molecule has 1 amide bonds. The van der Waals surface area contributed by atoms with Crippen molar-refractivity contribution in [3.8, 4) is 0 Å². The van der Waals surface area contributed by atoms with Gasteiger partial charge in [-0.2, -0.15) is 0 Å². The highest BCUT2D eigenvalue weighted by atomic mass is 16.2. The van der Waals surface area contributed by atoms with Gasteiger partial charge in [-0.3, -0.25) is 4.79 Å². The van der Waals surface area contributed by atoms with Crippen LogP contribution in [-0.2, 0) is 4.79 Å². The van der Waals surface area contributed by atoms with Crippen LogP contribution in [0.25, 0.3) is 0 Å². The van der Waals surface area contributed by atoms with E-state index >= 15 is 0 Å². The number of carbonyl (C=O) groups is 1. The number of hydrogen-bond donors (Lipinski definition) is 0. The van der Waals surface area contributed by atoms with E-state index in [1.807, 2.05) is 27.9 Å². The lowest BCUT2D eigenvalue weighted by Crippen LogP contribution is -2.24. The van der Waals surface area contributed by atoms with E-state index in [4.69, 9.17) is 0 Å². The molecule has 0 aliphatic heterocycles. The van der Waals surface area contributed by atoms with Gasteiger partial charge in [-0.05, 0) is 12.3 Å². The van der Waals surface area contributed by atoms with Crippen molar-refractivity contribution < 1.29 is 4.79 Å². The average Bonchev–Trinajstić information content (AvgIpc) is 2.49. The lowest BCUT2D eigenvalue weighted by Gasteiger charge is -2.17. The molecule has 1 unspecified atom stereocenters. The highest BCUT2D eigenvalue weighted by Crippen LogP contribution is 2.17. The molecule has 0 rings (SSSR count). The topological polar surface area (TPSA) is 20.3 Å². The molecule has 0 N–H and O–H groups in total. The van der Waals surface area contributed by atoms with E-state index in [1.165, 1.54) is 38.5 Å². The molecule has 22 heavy (non-hydrogen) atoms. The summed E-state index contributed by atoms with van der Waals surface area (Å²) in [4.78, 5) is 13.2. The van der Waals surface area contributed by atoms with Crippen LogP contribution in [0.1, 0.15) is 107 Å². The number of rotatable bonds is 7. The van der Waals surface area contributed by atoms with Crippen molar-refractivity contribution in [2.24, 2.45) is 5.92 Å². The maximum Gasteiger partial charge on any atom is 0.222 e. The minimum absolute atomic E-state index is 0.272. The van der Waals surface area contributed by atoms with Gasteiger partial charge in [0.2, 0.25) is 5.91 Å². The fourth-order valence-corrected chi connectivity index (χ4v) is 1.56. The van der Waals surface area contributed by atoms with E-state index in [0.29, 0.717) is 5.92 Å². The molecule has 0 spiro atoms. The summed E-state index contributed by atoms with van der Waals surface area (Å²) in [5, 5.41) is 0. The second-order valence-electron chi connectivity index (χ2n) is 5.68. The first kappa shape index (κ1) is 29.5. The predicted molar refractivity (Wildman–Crippen MR) is 105 cm³/mol. The Labute approximate surface area is 143 Å². The van der Waals surface area contributed by atoms with Crippen molar-refractivity contribution in [3.05, 3.63) is 0 Å². The standard InChI is InChI=1S/C12H25NO.2C3H8.C2H6/c1-5-7-8-9-11(6-2)10-12(14)13(3)4;2*1-3-2;1-2/h11H,5-10H2,1-4H3;2*3H2,1-2H3;1-2H3. The zero-order valence-corrected chi connectivity index (χ0v) is 17.6. The van der Waals surface area contributed by atoms with Crippen molar-refractivity contribution in [3.63, 3.8) is 0 Å². The second kappa shape index (κ2) is 28.6. The van der Waals surface area contributed by atoms with Crippen LogP contribution >= 0.6 is 0 Å². The van der Waals surface area contributed by atoms with Crippen molar-refractivity contribution in [2.75, 3.05) is 14.1 Å².